The summed E-state index contributed by atoms with van der Waals surface area (Å²) in [5.74, 6) is -1.28. The lowest BCUT2D eigenvalue weighted by atomic mass is 9.96. The Bertz CT molecular complexity index is 1020. The molecule has 7 heteroatoms. The van der Waals surface area contributed by atoms with Crippen LogP contribution in [-0.2, 0) is 14.3 Å². The molecule has 0 bridgehead atoms. The Morgan fingerprint density at radius 2 is 1.84 bits per heavy atom. The first-order valence-electron chi connectivity index (χ1n) is 10.3. The fourth-order valence-electron chi connectivity index (χ4n) is 3.54. The summed E-state index contributed by atoms with van der Waals surface area (Å²) in [5, 5.41) is 11.6. The third-order valence-electron chi connectivity index (χ3n) is 5.41. The van der Waals surface area contributed by atoms with Crippen molar-refractivity contribution in [2.75, 3.05) is 18.4 Å². The maximum atomic E-state index is 12.7. The smallest absolute Gasteiger partial charge is 0.309 e. The van der Waals surface area contributed by atoms with Crippen LogP contribution in [0.3, 0.4) is 0 Å². The van der Waals surface area contributed by atoms with Gasteiger partial charge in [-0.25, -0.2) is 0 Å². The molecule has 0 aliphatic carbocycles. The molecule has 1 N–H and O–H groups in total. The largest absolute Gasteiger partial charge is 0.452 e. The number of benzene rings is 2. The van der Waals surface area contributed by atoms with Crippen molar-refractivity contribution >= 4 is 23.5 Å². The standard InChI is InChI=1S/C24H25N3O4/c1-16-6-3-4-9-21(16)23(29)27-12-10-19(11-13-27)24(30)31-17(2)22(28)26-20-8-5-7-18(14-20)15-25/h3-9,14,17,19H,10-13H2,1-2H3,(H,26,28)/t17-/m0/s1. The van der Waals surface area contributed by atoms with E-state index in [9.17, 15) is 14.4 Å². The van der Waals surface area contributed by atoms with E-state index in [2.05, 4.69) is 5.32 Å². The van der Waals surface area contributed by atoms with Gasteiger partial charge in [-0.2, -0.15) is 5.26 Å². The predicted octanol–water partition coefficient (Wildman–Crippen LogP) is 3.29. The van der Waals surface area contributed by atoms with Gasteiger partial charge >= 0.3 is 5.97 Å². The first kappa shape index (κ1) is 22.0. The van der Waals surface area contributed by atoms with Crippen molar-refractivity contribution < 1.29 is 19.1 Å². The fraction of sp³-hybridized carbons (Fsp3) is 0.333. The van der Waals surface area contributed by atoms with Crippen LogP contribution in [0.4, 0.5) is 5.69 Å². The Kier molecular flexibility index (Phi) is 7.03. The second-order valence-electron chi connectivity index (χ2n) is 7.64. The molecule has 3 rings (SSSR count). The van der Waals surface area contributed by atoms with Crippen LogP contribution in [0.15, 0.2) is 48.5 Å². The number of nitrogens with one attached hydrogen (secondary N) is 1. The first-order valence-corrected chi connectivity index (χ1v) is 10.3. The highest BCUT2D eigenvalue weighted by molar-refractivity contribution is 5.96. The molecule has 160 valence electrons. The zero-order chi connectivity index (χ0) is 22.4. The predicted molar refractivity (Wildman–Crippen MR) is 115 cm³/mol. The summed E-state index contributed by atoms with van der Waals surface area (Å²) in [6.07, 6.45) is 0.0224. The minimum atomic E-state index is -0.968. The van der Waals surface area contributed by atoms with Gasteiger partial charge in [0.15, 0.2) is 6.10 Å². The van der Waals surface area contributed by atoms with E-state index in [1.807, 2.05) is 37.3 Å². The molecule has 1 heterocycles. The van der Waals surface area contributed by atoms with Gasteiger partial charge in [-0.15, -0.1) is 0 Å². The fourth-order valence-corrected chi connectivity index (χ4v) is 3.54. The molecule has 1 atom stereocenters. The van der Waals surface area contributed by atoms with Crippen molar-refractivity contribution in [1.82, 2.24) is 4.90 Å². The molecule has 0 saturated carbocycles. The maximum absolute atomic E-state index is 12.7. The molecule has 0 unspecified atom stereocenters. The van der Waals surface area contributed by atoms with Crippen LogP contribution in [0.5, 0.6) is 0 Å². The number of carbonyl (C=O) groups excluding carboxylic acids is 3. The van der Waals surface area contributed by atoms with E-state index in [-0.39, 0.29) is 11.8 Å². The number of aryl methyl sites for hydroxylation is 1. The lowest BCUT2D eigenvalue weighted by Crippen LogP contribution is -2.42. The van der Waals surface area contributed by atoms with Gasteiger partial charge in [0, 0.05) is 24.3 Å². The molecule has 1 aliphatic rings. The average Bonchev–Trinajstić information content (AvgIpc) is 2.79. The molecule has 0 aromatic heterocycles. The van der Waals surface area contributed by atoms with Gasteiger partial charge in [0.25, 0.3) is 11.8 Å². The molecule has 2 aromatic carbocycles. The highest BCUT2D eigenvalue weighted by Gasteiger charge is 2.31. The normalized spacial score (nSPS) is 14.9. The quantitative estimate of drug-likeness (QED) is 0.750. The molecule has 7 nitrogen and oxygen atoms in total. The minimum absolute atomic E-state index is 0.0303. The maximum Gasteiger partial charge on any atom is 0.309 e. The molecule has 1 saturated heterocycles. The van der Waals surface area contributed by atoms with Crippen LogP contribution in [0.2, 0.25) is 0 Å². The highest BCUT2D eigenvalue weighted by Crippen LogP contribution is 2.22. The summed E-state index contributed by atoms with van der Waals surface area (Å²) in [4.78, 5) is 39.3. The van der Waals surface area contributed by atoms with E-state index in [0.29, 0.717) is 42.7 Å². The second kappa shape index (κ2) is 9.90. The molecule has 0 radical (unpaired) electrons. The minimum Gasteiger partial charge on any atom is -0.452 e. The monoisotopic (exact) mass is 419 g/mol. The number of nitrogens with zero attached hydrogens (tertiary/aromatic N) is 2. The first-order chi connectivity index (χ1) is 14.9. The van der Waals surface area contributed by atoms with Crippen LogP contribution in [0.1, 0.15) is 41.3 Å². The molecular formula is C24H25N3O4. The SMILES string of the molecule is Cc1ccccc1C(=O)N1CCC(C(=O)O[C@@H](C)C(=O)Nc2cccc(C#N)c2)CC1. The molecule has 0 spiro atoms. The van der Waals surface area contributed by atoms with E-state index < -0.39 is 18.0 Å². The molecule has 1 fully saturated rings. The van der Waals surface area contributed by atoms with E-state index in [1.165, 1.54) is 6.92 Å². The van der Waals surface area contributed by atoms with Crippen LogP contribution < -0.4 is 5.32 Å². The number of hydrogen-bond acceptors (Lipinski definition) is 5. The zero-order valence-corrected chi connectivity index (χ0v) is 17.6. The number of esters is 1. The number of carbonyl (C=O) groups is 3. The summed E-state index contributed by atoms with van der Waals surface area (Å²) < 4.78 is 5.36. The highest BCUT2D eigenvalue weighted by atomic mass is 16.5. The molecule has 2 aromatic rings. The average molecular weight is 419 g/mol. The molecular weight excluding hydrogens is 394 g/mol. The Hall–Kier alpha value is -3.66. The molecule has 1 aliphatic heterocycles. The third kappa shape index (κ3) is 5.48. The van der Waals surface area contributed by atoms with E-state index >= 15 is 0 Å². The number of rotatable bonds is 5. The molecule has 31 heavy (non-hydrogen) atoms. The number of hydrogen-bond donors (Lipinski definition) is 1. The summed E-state index contributed by atoms with van der Waals surface area (Å²) in [5.41, 5.74) is 2.49. The number of anilines is 1. The van der Waals surface area contributed by atoms with Gasteiger partial charge in [0.05, 0.1) is 17.6 Å². The van der Waals surface area contributed by atoms with Crippen molar-refractivity contribution in [1.29, 1.82) is 5.26 Å². The van der Waals surface area contributed by atoms with Gasteiger partial charge in [-0.1, -0.05) is 24.3 Å². The van der Waals surface area contributed by atoms with Crippen molar-refractivity contribution in [3.63, 3.8) is 0 Å². The van der Waals surface area contributed by atoms with Crippen LogP contribution >= 0.6 is 0 Å². The summed E-state index contributed by atoms with van der Waals surface area (Å²) in [6, 6.07) is 16.0. The Labute approximate surface area is 181 Å². The van der Waals surface area contributed by atoms with Crippen molar-refractivity contribution in [2.24, 2.45) is 5.92 Å². The topological polar surface area (TPSA) is 99.5 Å². The van der Waals surface area contributed by atoms with Gasteiger partial charge in [-0.3, -0.25) is 14.4 Å². The van der Waals surface area contributed by atoms with Gasteiger partial charge in [0.2, 0.25) is 0 Å². The van der Waals surface area contributed by atoms with Gasteiger partial charge in [0.1, 0.15) is 0 Å². The Balaban J connectivity index is 1.50. The Morgan fingerprint density at radius 3 is 2.52 bits per heavy atom. The van der Waals surface area contributed by atoms with Crippen molar-refractivity contribution in [2.45, 2.75) is 32.8 Å². The van der Waals surface area contributed by atoms with Gasteiger partial charge < -0.3 is 15.0 Å². The number of likely N-dealkylation sites (tertiary alicyclic amines) is 1. The lowest BCUT2D eigenvalue weighted by Gasteiger charge is -2.31. The van der Waals surface area contributed by atoms with Crippen molar-refractivity contribution in [3.8, 4) is 6.07 Å². The van der Waals surface area contributed by atoms with Gasteiger partial charge in [-0.05, 0) is 56.5 Å². The van der Waals surface area contributed by atoms with Crippen LogP contribution in [0.25, 0.3) is 0 Å². The van der Waals surface area contributed by atoms with E-state index in [1.54, 1.807) is 29.2 Å². The van der Waals surface area contributed by atoms with E-state index in [0.717, 1.165) is 5.56 Å². The summed E-state index contributed by atoms with van der Waals surface area (Å²) in [7, 11) is 0. The summed E-state index contributed by atoms with van der Waals surface area (Å²) in [6.45, 7) is 4.35. The van der Waals surface area contributed by atoms with Crippen LogP contribution in [-0.4, -0.2) is 41.9 Å². The summed E-state index contributed by atoms with van der Waals surface area (Å²) >= 11 is 0. The van der Waals surface area contributed by atoms with Crippen molar-refractivity contribution in [3.05, 3.63) is 65.2 Å². The van der Waals surface area contributed by atoms with Crippen LogP contribution in [0, 0.1) is 24.2 Å². The van der Waals surface area contributed by atoms with E-state index in [4.69, 9.17) is 10.00 Å². The lowest BCUT2D eigenvalue weighted by molar-refractivity contribution is -0.158. The molecule has 2 amide bonds. The Morgan fingerprint density at radius 1 is 1.13 bits per heavy atom. The zero-order valence-electron chi connectivity index (χ0n) is 17.6. The number of nitriles is 1. The third-order valence-corrected chi connectivity index (χ3v) is 5.41. The number of amides is 2. The number of piperidine rings is 1. The number of ether oxygens (including phenoxy) is 1. The second-order valence-corrected chi connectivity index (χ2v) is 7.64.